The number of rotatable bonds is 4. The SMILES string of the molecule is Cn1c(=O)n(-c2ccccc2)c2cc(-c3ccc4c(-c5ccc6ccccc6c5)c5ccccc5c(-c5ccc6ccccc6c5)c4c3)ccc21. The Hall–Kier alpha value is -6.71. The van der Waals surface area contributed by atoms with Crippen LogP contribution in [0.3, 0.4) is 0 Å². The molecule has 240 valence electrons. The van der Waals surface area contributed by atoms with Crippen LogP contribution in [0.25, 0.3) is 93.2 Å². The van der Waals surface area contributed by atoms with E-state index in [-0.39, 0.29) is 5.69 Å². The molecule has 0 spiro atoms. The molecule has 3 nitrogen and oxygen atoms in total. The number of aromatic nitrogens is 2. The van der Waals surface area contributed by atoms with Crippen LogP contribution in [0.1, 0.15) is 0 Å². The minimum absolute atomic E-state index is 0.0584. The van der Waals surface area contributed by atoms with Crippen LogP contribution in [-0.2, 0) is 7.05 Å². The second kappa shape index (κ2) is 11.4. The summed E-state index contributed by atoms with van der Waals surface area (Å²) in [6.45, 7) is 0. The van der Waals surface area contributed by atoms with E-state index in [9.17, 15) is 4.79 Å². The summed E-state index contributed by atoms with van der Waals surface area (Å²) in [5.41, 5.74) is 9.58. The Kier molecular flexibility index (Phi) is 6.55. The van der Waals surface area contributed by atoms with E-state index in [1.165, 1.54) is 65.3 Å². The second-order valence-electron chi connectivity index (χ2n) is 13.4. The first-order chi connectivity index (χ1) is 25.1. The van der Waals surface area contributed by atoms with Gasteiger partial charge in [-0.2, -0.15) is 0 Å². The molecule has 1 heterocycles. The third-order valence-electron chi connectivity index (χ3n) is 10.5. The van der Waals surface area contributed by atoms with Gasteiger partial charge in [-0.3, -0.25) is 9.13 Å². The van der Waals surface area contributed by atoms with Crippen molar-refractivity contribution in [1.82, 2.24) is 9.13 Å². The lowest BCUT2D eigenvalue weighted by Crippen LogP contribution is -2.20. The lowest BCUT2D eigenvalue weighted by molar-refractivity contribution is 0.846. The van der Waals surface area contributed by atoms with Crippen molar-refractivity contribution in [3.63, 3.8) is 0 Å². The molecule has 0 fully saturated rings. The maximum Gasteiger partial charge on any atom is 0.333 e. The number of hydrogen-bond acceptors (Lipinski definition) is 1. The summed E-state index contributed by atoms with van der Waals surface area (Å²) in [6.07, 6.45) is 0. The fourth-order valence-corrected chi connectivity index (χ4v) is 8.02. The summed E-state index contributed by atoms with van der Waals surface area (Å²) < 4.78 is 3.54. The molecule has 0 aliphatic carbocycles. The fourth-order valence-electron chi connectivity index (χ4n) is 8.02. The van der Waals surface area contributed by atoms with E-state index in [1.807, 2.05) is 41.9 Å². The first-order valence-corrected chi connectivity index (χ1v) is 17.4. The molecule has 0 aliphatic heterocycles. The predicted octanol–water partition coefficient (Wildman–Crippen LogP) is 11.9. The van der Waals surface area contributed by atoms with Crippen molar-refractivity contribution in [3.8, 4) is 39.1 Å². The van der Waals surface area contributed by atoms with Gasteiger partial charge >= 0.3 is 5.69 Å². The molecule has 0 saturated carbocycles. The predicted molar refractivity (Wildman–Crippen MR) is 215 cm³/mol. The van der Waals surface area contributed by atoms with Gasteiger partial charge in [-0.1, -0.05) is 133 Å². The highest BCUT2D eigenvalue weighted by molar-refractivity contribution is 6.22. The van der Waals surface area contributed by atoms with E-state index in [4.69, 9.17) is 0 Å². The maximum absolute atomic E-state index is 13.5. The van der Waals surface area contributed by atoms with Crippen LogP contribution < -0.4 is 5.69 Å². The number of fused-ring (bicyclic) bond motifs is 5. The van der Waals surface area contributed by atoms with Gasteiger partial charge in [-0.25, -0.2) is 4.79 Å². The molecular formula is C48H32N2O. The smallest absolute Gasteiger partial charge is 0.295 e. The summed E-state index contributed by atoms with van der Waals surface area (Å²) >= 11 is 0. The minimum Gasteiger partial charge on any atom is -0.295 e. The molecule has 0 amide bonds. The molecule has 9 aromatic carbocycles. The van der Waals surface area contributed by atoms with Gasteiger partial charge in [0.15, 0.2) is 0 Å². The van der Waals surface area contributed by atoms with Crippen LogP contribution in [0.4, 0.5) is 0 Å². The molecule has 10 rings (SSSR count). The Morgan fingerprint density at radius 2 is 0.863 bits per heavy atom. The summed E-state index contributed by atoms with van der Waals surface area (Å²) in [7, 11) is 1.84. The number of benzene rings is 9. The van der Waals surface area contributed by atoms with Crippen LogP contribution >= 0.6 is 0 Å². The Morgan fingerprint density at radius 1 is 0.373 bits per heavy atom. The summed E-state index contributed by atoms with van der Waals surface area (Å²) in [4.78, 5) is 13.5. The molecule has 0 atom stereocenters. The van der Waals surface area contributed by atoms with E-state index in [0.717, 1.165) is 27.8 Å². The van der Waals surface area contributed by atoms with Crippen molar-refractivity contribution in [2.45, 2.75) is 0 Å². The van der Waals surface area contributed by atoms with Crippen molar-refractivity contribution >= 4 is 54.1 Å². The second-order valence-corrected chi connectivity index (χ2v) is 13.4. The molecule has 0 saturated heterocycles. The number of imidazole rings is 1. The zero-order chi connectivity index (χ0) is 34.1. The molecule has 3 heteroatoms. The molecule has 0 unspecified atom stereocenters. The minimum atomic E-state index is -0.0584. The van der Waals surface area contributed by atoms with E-state index < -0.39 is 0 Å². The van der Waals surface area contributed by atoms with Gasteiger partial charge in [0.2, 0.25) is 0 Å². The first-order valence-electron chi connectivity index (χ1n) is 17.4. The molecule has 10 aromatic rings. The van der Waals surface area contributed by atoms with Gasteiger partial charge in [0.1, 0.15) is 0 Å². The zero-order valence-corrected chi connectivity index (χ0v) is 28.0. The molecule has 0 bridgehead atoms. The Bertz CT molecular complexity index is 3060. The lowest BCUT2D eigenvalue weighted by Gasteiger charge is -2.19. The standard InChI is InChI=1S/C48H32N2O/c1-49-44-26-24-36(30-45(44)50(48(49)51)39-15-3-2-4-16-39)35-23-25-42-43(29-35)47(38-22-20-32-12-6-8-14-34(32)28-38)41-18-10-9-17-40(41)46(42)37-21-19-31-11-5-7-13-33(31)27-37/h2-30H,1H3. The van der Waals surface area contributed by atoms with Gasteiger partial charge in [-0.05, 0) is 119 Å². The van der Waals surface area contributed by atoms with Crippen LogP contribution in [-0.4, -0.2) is 9.13 Å². The number of hydrogen-bond donors (Lipinski definition) is 0. The summed E-state index contributed by atoms with van der Waals surface area (Å²) in [5, 5.41) is 9.75. The van der Waals surface area contributed by atoms with E-state index in [0.29, 0.717) is 0 Å². The molecule has 0 aliphatic rings. The summed E-state index contributed by atoms with van der Waals surface area (Å²) in [6, 6.07) is 62.8. The Morgan fingerprint density at radius 3 is 1.51 bits per heavy atom. The molecule has 0 N–H and O–H groups in total. The van der Waals surface area contributed by atoms with E-state index in [2.05, 4.69) is 146 Å². The average Bonchev–Trinajstić information content (AvgIpc) is 3.44. The van der Waals surface area contributed by atoms with Crippen molar-refractivity contribution in [1.29, 1.82) is 0 Å². The van der Waals surface area contributed by atoms with E-state index >= 15 is 0 Å². The van der Waals surface area contributed by atoms with Gasteiger partial charge in [-0.15, -0.1) is 0 Å². The van der Waals surface area contributed by atoms with E-state index in [1.54, 1.807) is 4.57 Å². The third kappa shape index (κ3) is 4.63. The Labute approximate surface area is 294 Å². The number of nitrogens with zero attached hydrogens (tertiary/aromatic N) is 2. The topological polar surface area (TPSA) is 26.9 Å². The number of aryl methyl sites for hydroxylation is 1. The third-order valence-corrected chi connectivity index (χ3v) is 10.5. The van der Waals surface area contributed by atoms with Crippen molar-refractivity contribution in [3.05, 3.63) is 186 Å². The zero-order valence-electron chi connectivity index (χ0n) is 28.0. The maximum atomic E-state index is 13.5. The monoisotopic (exact) mass is 652 g/mol. The van der Waals surface area contributed by atoms with Gasteiger partial charge in [0.25, 0.3) is 0 Å². The average molecular weight is 653 g/mol. The quantitative estimate of drug-likeness (QED) is 0.174. The fraction of sp³-hybridized carbons (Fsp3) is 0.0208. The molecule has 0 radical (unpaired) electrons. The van der Waals surface area contributed by atoms with Gasteiger partial charge < -0.3 is 0 Å². The normalized spacial score (nSPS) is 11.7. The first kappa shape index (κ1) is 29.2. The van der Waals surface area contributed by atoms with Gasteiger partial charge in [0.05, 0.1) is 16.7 Å². The highest BCUT2D eigenvalue weighted by Crippen LogP contribution is 2.45. The van der Waals surface area contributed by atoms with Crippen LogP contribution in [0, 0.1) is 0 Å². The van der Waals surface area contributed by atoms with Gasteiger partial charge in [0, 0.05) is 7.05 Å². The van der Waals surface area contributed by atoms with Crippen LogP contribution in [0.15, 0.2) is 181 Å². The summed E-state index contributed by atoms with van der Waals surface area (Å²) in [5.74, 6) is 0. The Balaban J connectivity index is 1.28. The molecule has 1 aromatic heterocycles. The van der Waals surface area contributed by atoms with Crippen molar-refractivity contribution in [2.75, 3.05) is 0 Å². The highest BCUT2D eigenvalue weighted by atomic mass is 16.1. The lowest BCUT2D eigenvalue weighted by atomic mass is 9.84. The molecule has 51 heavy (non-hydrogen) atoms. The largest absolute Gasteiger partial charge is 0.333 e. The number of para-hydroxylation sites is 1. The van der Waals surface area contributed by atoms with Crippen molar-refractivity contribution in [2.24, 2.45) is 7.05 Å². The van der Waals surface area contributed by atoms with Crippen LogP contribution in [0.5, 0.6) is 0 Å². The molecular weight excluding hydrogens is 621 g/mol. The van der Waals surface area contributed by atoms with Crippen LogP contribution in [0.2, 0.25) is 0 Å². The van der Waals surface area contributed by atoms with Crippen molar-refractivity contribution < 1.29 is 0 Å². The highest BCUT2D eigenvalue weighted by Gasteiger charge is 2.19.